The molecule has 0 amide bonds. The van der Waals surface area contributed by atoms with Gasteiger partial charge < -0.3 is 14.4 Å². The molecule has 0 spiro atoms. The van der Waals surface area contributed by atoms with E-state index in [1.807, 2.05) is 42.7 Å². The maximum Gasteiger partial charge on any atom is 0.123 e. The molecule has 5 heteroatoms. The smallest absolute Gasteiger partial charge is 0.123 e. The third-order valence-electron chi connectivity index (χ3n) is 9.22. The number of fused-ring (bicyclic) bond motifs is 3. The second kappa shape index (κ2) is 14.9. The van der Waals surface area contributed by atoms with Crippen molar-refractivity contribution in [2.75, 3.05) is 0 Å². The summed E-state index contributed by atoms with van der Waals surface area (Å²) in [5.74, 6) is 0.830. The Labute approximate surface area is 298 Å². The van der Waals surface area contributed by atoms with Crippen molar-refractivity contribution in [2.24, 2.45) is 5.92 Å². The molecule has 8 rings (SSSR count). The summed E-state index contributed by atoms with van der Waals surface area (Å²) in [7, 11) is -1.23. The second-order valence-corrected chi connectivity index (χ2v) is 18.7. The number of hydrogen-bond donors (Lipinski definition) is 0. The summed E-state index contributed by atoms with van der Waals surface area (Å²) in [6, 6.07) is 44.3. The van der Waals surface area contributed by atoms with Crippen LogP contribution in [0, 0.1) is 18.1 Å². The Morgan fingerprint density at radius 3 is 2.25 bits per heavy atom. The largest absolute Gasteiger partial charge is 0.476 e. The van der Waals surface area contributed by atoms with Crippen LogP contribution < -0.4 is 5.19 Å². The van der Waals surface area contributed by atoms with Crippen LogP contribution in [0.25, 0.3) is 55.6 Å². The van der Waals surface area contributed by atoms with Crippen molar-refractivity contribution in [3.8, 4) is 33.6 Å². The fourth-order valence-electron chi connectivity index (χ4n) is 6.52. The van der Waals surface area contributed by atoms with E-state index in [9.17, 15) is 0 Å². The molecule has 48 heavy (non-hydrogen) atoms. The second-order valence-electron chi connectivity index (χ2n) is 13.7. The standard InChI is InChI=1S/C29H24NO.C14H16NSi.Ir/c1-2-8-22(9-3-1)23-11-13-28-26(18-23)25-12-10-24(19-29(25)31-28)27-17-21(14-15-30-27)16-20-6-4-5-7-20;1-16(2,3)13-9-10-14(15-11-13)12-7-5-4-6-8-12;/h1-3,8-9,11-15,17-20H,4-7,16H2;4-7,9-11H,1-3H3;/q2*-1;. The Balaban J connectivity index is 0.000000201. The number of furan rings is 1. The molecule has 0 unspecified atom stereocenters. The summed E-state index contributed by atoms with van der Waals surface area (Å²) < 4.78 is 6.20. The first kappa shape index (κ1) is 33.7. The molecule has 243 valence electrons. The molecular formula is C43H40IrN2OSi-2. The van der Waals surface area contributed by atoms with Gasteiger partial charge in [-0.1, -0.05) is 123 Å². The van der Waals surface area contributed by atoms with Crippen LogP contribution in [-0.2, 0) is 26.5 Å². The molecule has 1 fully saturated rings. The first-order valence-electron chi connectivity index (χ1n) is 16.7. The third kappa shape index (κ3) is 7.76. The molecule has 4 aromatic carbocycles. The minimum absolute atomic E-state index is 0. The normalized spacial score (nSPS) is 13.2. The van der Waals surface area contributed by atoms with Crippen molar-refractivity contribution in [3.05, 3.63) is 139 Å². The fourth-order valence-corrected chi connectivity index (χ4v) is 7.55. The van der Waals surface area contributed by atoms with Gasteiger partial charge >= 0.3 is 0 Å². The summed E-state index contributed by atoms with van der Waals surface area (Å²) >= 11 is 0. The van der Waals surface area contributed by atoms with Gasteiger partial charge in [-0.2, -0.15) is 0 Å². The zero-order valence-corrected chi connectivity index (χ0v) is 31.2. The van der Waals surface area contributed by atoms with Gasteiger partial charge in [0.15, 0.2) is 0 Å². The molecule has 0 saturated heterocycles. The van der Waals surface area contributed by atoms with Crippen molar-refractivity contribution < 1.29 is 24.5 Å². The Kier molecular flexibility index (Phi) is 10.5. The zero-order chi connectivity index (χ0) is 32.2. The first-order valence-corrected chi connectivity index (χ1v) is 20.2. The van der Waals surface area contributed by atoms with E-state index in [4.69, 9.17) is 4.42 Å². The molecule has 0 N–H and O–H groups in total. The molecule has 3 aromatic heterocycles. The summed E-state index contributed by atoms with van der Waals surface area (Å²) in [4.78, 5) is 9.14. The van der Waals surface area contributed by atoms with Crippen LogP contribution in [0.2, 0.25) is 19.6 Å². The Hall–Kier alpha value is -4.15. The molecular weight excluding hydrogens is 781 g/mol. The molecule has 0 aliphatic heterocycles. The van der Waals surface area contributed by atoms with E-state index in [0.717, 1.165) is 56.8 Å². The Morgan fingerprint density at radius 2 is 1.52 bits per heavy atom. The summed E-state index contributed by atoms with van der Waals surface area (Å²) in [6.45, 7) is 7.00. The average Bonchev–Trinajstić information content (AvgIpc) is 3.76. The Bertz CT molecular complexity index is 2100. The zero-order valence-electron chi connectivity index (χ0n) is 27.8. The van der Waals surface area contributed by atoms with E-state index in [1.165, 1.54) is 47.6 Å². The van der Waals surface area contributed by atoms with Crippen molar-refractivity contribution in [2.45, 2.75) is 51.7 Å². The number of nitrogens with zero attached hydrogens (tertiary/aromatic N) is 2. The van der Waals surface area contributed by atoms with Crippen LogP contribution in [0.1, 0.15) is 31.2 Å². The van der Waals surface area contributed by atoms with Gasteiger partial charge in [0, 0.05) is 32.5 Å². The van der Waals surface area contributed by atoms with Gasteiger partial charge in [0.25, 0.3) is 0 Å². The number of rotatable bonds is 6. The van der Waals surface area contributed by atoms with Gasteiger partial charge in [0.2, 0.25) is 0 Å². The van der Waals surface area contributed by atoms with Crippen LogP contribution in [0.5, 0.6) is 0 Å². The minimum atomic E-state index is -1.23. The van der Waals surface area contributed by atoms with Crippen LogP contribution >= 0.6 is 0 Å². The molecule has 1 radical (unpaired) electrons. The SMILES string of the molecule is C[Si](C)(C)c1ccc(-c2[c-]cccc2)nc1.[Ir].[c-]1cc2c(cc1-c1cc(CC3CCCC3)ccn1)oc1ccc(-c3ccccc3)cc12. The van der Waals surface area contributed by atoms with Crippen molar-refractivity contribution in [3.63, 3.8) is 0 Å². The summed E-state index contributed by atoms with van der Waals surface area (Å²) in [5, 5.41) is 3.62. The quantitative estimate of drug-likeness (QED) is 0.124. The van der Waals surface area contributed by atoms with Crippen molar-refractivity contribution >= 4 is 35.2 Å². The number of hydrogen-bond acceptors (Lipinski definition) is 3. The number of pyridine rings is 2. The molecule has 1 aliphatic rings. The van der Waals surface area contributed by atoms with Crippen LogP contribution in [0.3, 0.4) is 0 Å². The summed E-state index contributed by atoms with van der Waals surface area (Å²) in [6.07, 6.45) is 10.6. The topological polar surface area (TPSA) is 38.9 Å². The van der Waals surface area contributed by atoms with E-state index in [-0.39, 0.29) is 20.1 Å². The van der Waals surface area contributed by atoms with E-state index < -0.39 is 8.07 Å². The molecule has 0 bridgehead atoms. The first-order chi connectivity index (χ1) is 22.9. The van der Waals surface area contributed by atoms with Crippen LogP contribution in [0.4, 0.5) is 0 Å². The molecule has 3 nitrogen and oxygen atoms in total. The van der Waals surface area contributed by atoms with Gasteiger partial charge in [-0.3, -0.25) is 0 Å². The van der Waals surface area contributed by atoms with Gasteiger partial charge in [-0.05, 0) is 57.6 Å². The molecule has 1 aliphatic carbocycles. The van der Waals surface area contributed by atoms with Crippen LogP contribution in [-0.4, -0.2) is 18.0 Å². The maximum atomic E-state index is 6.20. The molecule has 0 atom stereocenters. The predicted octanol–water partition coefficient (Wildman–Crippen LogP) is 10.9. The van der Waals surface area contributed by atoms with Crippen LogP contribution in [0.15, 0.2) is 126 Å². The number of aromatic nitrogens is 2. The third-order valence-corrected chi connectivity index (χ3v) is 11.3. The van der Waals surface area contributed by atoms with Gasteiger partial charge in [-0.15, -0.1) is 53.6 Å². The predicted molar refractivity (Wildman–Crippen MR) is 198 cm³/mol. The van der Waals surface area contributed by atoms with Gasteiger partial charge in [-0.25, -0.2) is 0 Å². The van der Waals surface area contributed by atoms with Gasteiger partial charge in [0.1, 0.15) is 5.58 Å². The molecule has 7 aromatic rings. The van der Waals surface area contributed by atoms with E-state index in [0.29, 0.717) is 0 Å². The molecule has 3 heterocycles. The van der Waals surface area contributed by atoms with Crippen molar-refractivity contribution in [1.82, 2.24) is 9.97 Å². The van der Waals surface area contributed by atoms with E-state index >= 15 is 0 Å². The molecule has 1 saturated carbocycles. The maximum absolute atomic E-state index is 6.20. The van der Waals surface area contributed by atoms with E-state index in [2.05, 4.69) is 121 Å². The minimum Gasteiger partial charge on any atom is -0.476 e. The number of benzene rings is 4. The fraction of sp³-hybridized carbons (Fsp3) is 0.209. The summed E-state index contributed by atoms with van der Waals surface area (Å²) in [5.41, 5.74) is 9.60. The van der Waals surface area contributed by atoms with E-state index in [1.54, 1.807) is 0 Å². The van der Waals surface area contributed by atoms with Crippen molar-refractivity contribution in [1.29, 1.82) is 0 Å². The Morgan fingerprint density at radius 1 is 0.708 bits per heavy atom. The average molecular weight is 821 g/mol. The monoisotopic (exact) mass is 821 g/mol. The van der Waals surface area contributed by atoms with Gasteiger partial charge in [0.05, 0.1) is 13.7 Å².